The Bertz CT molecular complexity index is 573. The number of benzene rings is 1. The van der Waals surface area contributed by atoms with E-state index >= 15 is 0 Å². The highest BCUT2D eigenvalue weighted by molar-refractivity contribution is 7.91. The third kappa shape index (κ3) is 5.00. The van der Waals surface area contributed by atoms with Crippen molar-refractivity contribution in [3.63, 3.8) is 0 Å². The molecule has 0 aliphatic heterocycles. The molecule has 9 heteroatoms. The van der Waals surface area contributed by atoms with Gasteiger partial charge < -0.3 is 9.84 Å². The molecular weight excluding hydrogens is 279 g/mol. The SMILES string of the molecule is CC(C)OC(=O)NS(=O)(=O)Nc1ccc(F)cc1O. The van der Waals surface area contributed by atoms with Gasteiger partial charge >= 0.3 is 16.3 Å². The van der Waals surface area contributed by atoms with Gasteiger partial charge in [0.15, 0.2) is 0 Å². The number of aromatic hydroxyl groups is 1. The lowest BCUT2D eigenvalue weighted by atomic mass is 10.3. The van der Waals surface area contributed by atoms with Gasteiger partial charge in [-0.1, -0.05) is 0 Å². The summed E-state index contributed by atoms with van der Waals surface area (Å²) in [5.74, 6) is -1.34. The number of hydrogen-bond donors (Lipinski definition) is 3. The van der Waals surface area contributed by atoms with Crippen LogP contribution in [-0.2, 0) is 14.9 Å². The van der Waals surface area contributed by atoms with Gasteiger partial charge in [-0.05, 0) is 26.0 Å². The molecule has 0 saturated heterocycles. The number of halogens is 1. The van der Waals surface area contributed by atoms with Crippen LogP contribution in [0, 0.1) is 5.82 Å². The van der Waals surface area contributed by atoms with Crippen LogP contribution in [-0.4, -0.2) is 25.7 Å². The van der Waals surface area contributed by atoms with Crippen LogP contribution in [0.25, 0.3) is 0 Å². The molecule has 7 nitrogen and oxygen atoms in total. The molecule has 1 aromatic carbocycles. The van der Waals surface area contributed by atoms with E-state index in [1.54, 1.807) is 18.6 Å². The first-order valence-corrected chi connectivity index (χ1v) is 6.67. The van der Waals surface area contributed by atoms with E-state index in [9.17, 15) is 22.7 Å². The zero-order chi connectivity index (χ0) is 14.6. The van der Waals surface area contributed by atoms with Gasteiger partial charge in [0.25, 0.3) is 0 Å². The summed E-state index contributed by atoms with van der Waals surface area (Å²) >= 11 is 0. The fraction of sp³-hybridized carbons (Fsp3) is 0.300. The summed E-state index contributed by atoms with van der Waals surface area (Å²) in [7, 11) is -4.27. The van der Waals surface area contributed by atoms with Gasteiger partial charge in [-0.15, -0.1) is 0 Å². The zero-order valence-electron chi connectivity index (χ0n) is 10.2. The predicted octanol–water partition coefficient (Wildman–Crippen LogP) is 1.32. The van der Waals surface area contributed by atoms with Gasteiger partial charge in [0.05, 0.1) is 11.8 Å². The molecular formula is C10H13FN2O5S. The van der Waals surface area contributed by atoms with Gasteiger partial charge in [0.2, 0.25) is 0 Å². The minimum atomic E-state index is -4.27. The first-order chi connectivity index (χ1) is 8.69. The number of rotatable bonds is 4. The van der Waals surface area contributed by atoms with Crippen molar-refractivity contribution < 1.29 is 27.4 Å². The van der Waals surface area contributed by atoms with Crippen molar-refractivity contribution in [2.75, 3.05) is 4.72 Å². The second kappa shape index (κ2) is 5.74. The van der Waals surface area contributed by atoms with Gasteiger partial charge in [0.1, 0.15) is 11.6 Å². The van der Waals surface area contributed by atoms with Crippen molar-refractivity contribution in [3.05, 3.63) is 24.0 Å². The number of phenolic OH excluding ortho intramolecular Hbond substituents is 1. The standard InChI is InChI=1S/C10H13FN2O5S/c1-6(2)18-10(15)13-19(16,17)12-8-4-3-7(11)5-9(8)14/h3-6,12,14H,1-2H3,(H,13,15). The molecule has 0 fully saturated rings. The number of hydrogen-bond acceptors (Lipinski definition) is 5. The molecule has 0 atom stereocenters. The molecule has 1 amide bonds. The molecule has 0 bridgehead atoms. The zero-order valence-corrected chi connectivity index (χ0v) is 11.0. The molecule has 1 aromatic rings. The van der Waals surface area contributed by atoms with Gasteiger partial charge in [-0.2, -0.15) is 8.42 Å². The third-order valence-corrected chi connectivity index (χ3v) is 2.69. The van der Waals surface area contributed by atoms with Gasteiger partial charge in [-0.3, -0.25) is 4.72 Å². The maximum absolute atomic E-state index is 12.7. The average Bonchev–Trinajstić information content (AvgIpc) is 2.19. The van der Waals surface area contributed by atoms with E-state index in [2.05, 4.69) is 4.74 Å². The van der Waals surface area contributed by atoms with Crippen LogP contribution >= 0.6 is 0 Å². The Morgan fingerprint density at radius 3 is 2.58 bits per heavy atom. The Kier molecular flexibility index (Phi) is 4.54. The van der Waals surface area contributed by atoms with E-state index < -0.39 is 34.0 Å². The van der Waals surface area contributed by atoms with Crippen molar-refractivity contribution >= 4 is 22.0 Å². The number of anilines is 1. The van der Waals surface area contributed by atoms with Crippen molar-refractivity contribution in [2.24, 2.45) is 0 Å². The van der Waals surface area contributed by atoms with Gasteiger partial charge in [0, 0.05) is 6.07 Å². The molecule has 0 aliphatic rings. The Morgan fingerprint density at radius 2 is 2.05 bits per heavy atom. The molecule has 0 saturated carbocycles. The first kappa shape index (κ1) is 15.0. The van der Waals surface area contributed by atoms with Crippen LogP contribution in [0.3, 0.4) is 0 Å². The highest BCUT2D eigenvalue weighted by Crippen LogP contribution is 2.24. The summed E-state index contributed by atoms with van der Waals surface area (Å²) < 4.78 is 43.7. The highest BCUT2D eigenvalue weighted by Gasteiger charge is 2.18. The van der Waals surface area contributed by atoms with E-state index in [-0.39, 0.29) is 5.69 Å². The number of carbonyl (C=O) groups is 1. The predicted molar refractivity (Wildman–Crippen MR) is 65.4 cm³/mol. The Morgan fingerprint density at radius 1 is 1.42 bits per heavy atom. The van der Waals surface area contributed by atoms with Crippen molar-refractivity contribution in [3.8, 4) is 5.75 Å². The number of carbonyl (C=O) groups excluding carboxylic acids is 1. The summed E-state index contributed by atoms with van der Waals surface area (Å²) in [5.41, 5.74) is -0.272. The van der Waals surface area contributed by atoms with E-state index in [0.717, 1.165) is 18.2 Å². The average molecular weight is 292 g/mol. The van der Waals surface area contributed by atoms with Crippen molar-refractivity contribution in [1.29, 1.82) is 0 Å². The summed E-state index contributed by atoms with van der Waals surface area (Å²) in [6, 6.07) is 2.69. The Hall–Kier alpha value is -2.03. The fourth-order valence-electron chi connectivity index (χ4n) is 1.11. The second-order valence-corrected chi connectivity index (χ2v) is 5.24. The first-order valence-electron chi connectivity index (χ1n) is 5.19. The van der Waals surface area contributed by atoms with E-state index in [1.807, 2.05) is 4.72 Å². The van der Waals surface area contributed by atoms with Crippen LogP contribution in [0.2, 0.25) is 0 Å². The van der Waals surface area contributed by atoms with Crippen LogP contribution in [0.15, 0.2) is 18.2 Å². The molecule has 0 spiro atoms. The summed E-state index contributed by atoms with van der Waals surface area (Å²) in [6.45, 7) is 3.09. The lowest BCUT2D eigenvalue weighted by Gasteiger charge is -2.12. The number of phenols is 1. The minimum Gasteiger partial charge on any atom is -0.506 e. The van der Waals surface area contributed by atoms with Crippen LogP contribution < -0.4 is 9.44 Å². The molecule has 106 valence electrons. The maximum Gasteiger partial charge on any atom is 0.422 e. The molecule has 3 N–H and O–H groups in total. The number of amides is 1. The van der Waals surface area contributed by atoms with E-state index in [4.69, 9.17) is 0 Å². The monoisotopic (exact) mass is 292 g/mol. The topological polar surface area (TPSA) is 105 Å². The van der Waals surface area contributed by atoms with Crippen molar-refractivity contribution in [1.82, 2.24) is 4.72 Å². The smallest absolute Gasteiger partial charge is 0.422 e. The number of nitrogens with one attached hydrogen (secondary N) is 2. The maximum atomic E-state index is 12.7. The Balaban J connectivity index is 2.77. The summed E-state index contributed by atoms with van der Waals surface area (Å²) in [6.07, 6.45) is -1.65. The molecule has 0 heterocycles. The molecule has 19 heavy (non-hydrogen) atoms. The number of ether oxygens (including phenoxy) is 1. The minimum absolute atomic E-state index is 0.272. The van der Waals surface area contributed by atoms with E-state index in [1.165, 1.54) is 0 Å². The van der Waals surface area contributed by atoms with Crippen LogP contribution in [0.4, 0.5) is 14.9 Å². The molecule has 0 unspecified atom stereocenters. The third-order valence-electron chi connectivity index (χ3n) is 1.76. The fourth-order valence-corrected chi connectivity index (χ4v) is 1.89. The molecule has 0 aromatic heterocycles. The molecule has 0 radical (unpaired) electrons. The van der Waals surface area contributed by atoms with Crippen LogP contribution in [0.1, 0.15) is 13.8 Å². The van der Waals surface area contributed by atoms with Gasteiger partial charge in [-0.25, -0.2) is 13.9 Å². The van der Waals surface area contributed by atoms with E-state index in [0.29, 0.717) is 0 Å². The normalized spacial score (nSPS) is 11.2. The summed E-state index contributed by atoms with van der Waals surface area (Å²) in [5, 5.41) is 9.32. The quantitative estimate of drug-likeness (QED) is 0.726. The molecule has 1 rings (SSSR count). The Labute approximate surface area is 109 Å². The van der Waals surface area contributed by atoms with Crippen molar-refractivity contribution in [2.45, 2.75) is 20.0 Å². The lowest BCUT2D eigenvalue weighted by molar-refractivity contribution is 0.121. The molecule has 0 aliphatic carbocycles. The second-order valence-electron chi connectivity index (χ2n) is 3.82. The summed E-state index contributed by atoms with van der Waals surface area (Å²) in [4.78, 5) is 11.1. The van der Waals surface area contributed by atoms with Crippen LogP contribution in [0.5, 0.6) is 5.75 Å². The largest absolute Gasteiger partial charge is 0.506 e. The highest BCUT2D eigenvalue weighted by atomic mass is 32.2. The lowest BCUT2D eigenvalue weighted by Crippen LogP contribution is -2.36.